The first-order chi connectivity index (χ1) is 9.74. The third-order valence-corrected chi connectivity index (χ3v) is 3.30. The van der Waals surface area contributed by atoms with Crippen LogP contribution in [-0.4, -0.2) is 25.3 Å². The molecule has 0 fully saturated rings. The van der Waals surface area contributed by atoms with Crippen LogP contribution in [0.25, 0.3) is 0 Å². The second kappa shape index (κ2) is 7.69. The molecular formula is C16H25F3N2. The van der Waals surface area contributed by atoms with Crippen molar-refractivity contribution in [2.24, 2.45) is 0 Å². The Bertz CT molecular complexity index is 442. The Morgan fingerprint density at radius 1 is 1.24 bits per heavy atom. The van der Waals surface area contributed by atoms with Crippen LogP contribution >= 0.6 is 0 Å². The SMILES string of the molecule is CCCNCc1ccc(N(CC(F)(F)F)C(C)C)c(C)c1. The van der Waals surface area contributed by atoms with Gasteiger partial charge in [-0.15, -0.1) is 0 Å². The number of rotatable bonds is 7. The lowest BCUT2D eigenvalue weighted by Gasteiger charge is -2.31. The predicted octanol–water partition coefficient (Wildman–Crippen LogP) is 4.27. The lowest BCUT2D eigenvalue weighted by molar-refractivity contribution is -0.120. The minimum absolute atomic E-state index is 0.200. The molecule has 120 valence electrons. The Balaban J connectivity index is 2.89. The van der Waals surface area contributed by atoms with Crippen LogP contribution in [-0.2, 0) is 6.54 Å². The third-order valence-electron chi connectivity index (χ3n) is 3.30. The molecule has 0 aliphatic heterocycles. The van der Waals surface area contributed by atoms with Gasteiger partial charge in [-0.3, -0.25) is 0 Å². The summed E-state index contributed by atoms with van der Waals surface area (Å²) in [4.78, 5) is 1.40. The van der Waals surface area contributed by atoms with Gasteiger partial charge < -0.3 is 10.2 Å². The number of benzene rings is 1. The summed E-state index contributed by atoms with van der Waals surface area (Å²) in [7, 11) is 0. The molecule has 1 aromatic carbocycles. The quantitative estimate of drug-likeness (QED) is 0.757. The van der Waals surface area contributed by atoms with Gasteiger partial charge in [0, 0.05) is 18.3 Å². The molecule has 1 N–H and O–H groups in total. The molecule has 5 heteroatoms. The zero-order valence-electron chi connectivity index (χ0n) is 13.2. The molecule has 0 bridgehead atoms. The molecular weight excluding hydrogens is 277 g/mol. The molecule has 1 rings (SSSR count). The Morgan fingerprint density at radius 3 is 2.38 bits per heavy atom. The van der Waals surface area contributed by atoms with E-state index in [1.165, 1.54) is 4.90 Å². The number of nitrogens with zero attached hydrogens (tertiary/aromatic N) is 1. The van der Waals surface area contributed by atoms with Gasteiger partial charge in [-0.1, -0.05) is 19.1 Å². The fourth-order valence-electron chi connectivity index (χ4n) is 2.30. The number of alkyl halides is 3. The highest BCUT2D eigenvalue weighted by Crippen LogP contribution is 2.27. The van der Waals surface area contributed by atoms with Gasteiger partial charge in [-0.25, -0.2) is 0 Å². The molecule has 0 saturated carbocycles. The van der Waals surface area contributed by atoms with E-state index in [9.17, 15) is 13.2 Å². The first kappa shape index (κ1) is 17.8. The van der Waals surface area contributed by atoms with Crippen molar-refractivity contribution in [1.82, 2.24) is 5.32 Å². The maximum Gasteiger partial charge on any atom is 0.405 e. The largest absolute Gasteiger partial charge is 0.405 e. The molecule has 0 aromatic heterocycles. The van der Waals surface area contributed by atoms with Crippen LogP contribution < -0.4 is 10.2 Å². The second-order valence-electron chi connectivity index (χ2n) is 5.63. The number of hydrogen-bond donors (Lipinski definition) is 1. The molecule has 0 amide bonds. The van der Waals surface area contributed by atoms with Crippen LogP contribution in [0.2, 0.25) is 0 Å². The molecule has 0 aliphatic rings. The standard InChI is InChI=1S/C16H25F3N2/c1-5-8-20-10-14-6-7-15(13(4)9-14)21(12(2)3)11-16(17,18)19/h6-7,9,12,20H,5,8,10-11H2,1-4H3. The van der Waals surface area contributed by atoms with Crippen molar-refractivity contribution in [3.05, 3.63) is 29.3 Å². The summed E-state index contributed by atoms with van der Waals surface area (Å²) in [5.41, 5.74) is 2.63. The molecule has 1 aromatic rings. The number of aryl methyl sites for hydroxylation is 1. The van der Waals surface area contributed by atoms with Crippen LogP contribution in [0.1, 0.15) is 38.3 Å². The lowest BCUT2D eigenvalue weighted by Crippen LogP contribution is -2.39. The second-order valence-corrected chi connectivity index (χ2v) is 5.63. The van der Waals surface area contributed by atoms with Crippen LogP contribution in [0.4, 0.5) is 18.9 Å². The topological polar surface area (TPSA) is 15.3 Å². The van der Waals surface area contributed by atoms with Gasteiger partial charge in [0.15, 0.2) is 0 Å². The maximum absolute atomic E-state index is 12.7. The van der Waals surface area contributed by atoms with E-state index < -0.39 is 12.7 Å². The maximum atomic E-state index is 12.7. The van der Waals surface area contributed by atoms with Gasteiger partial charge in [0.1, 0.15) is 6.54 Å². The van der Waals surface area contributed by atoms with E-state index in [4.69, 9.17) is 0 Å². The summed E-state index contributed by atoms with van der Waals surface area (Å²) in [6.45, 7) is 8.29. The average molecular weight is 302 g/mol. The molecule has 0 radical (unpaired) electrons. The molecule has 0 aliphatic carbocycles. The Kier molecular flexibility index (Phi) is 6.52. The predicted molar refractivity (Wildman–Crippen MR) is 81.7 cm³/mol. The minimum Gasteiger partial charge on any atom is -0.360 e. The van der Waals surface area contributed by atoms with Crippen molar-refractivity contribution in [1.29, 1.82) is 0 Å². The van der Waals surface area contributed by atoms with Crippen molar-refractivity contribution >= 4 is 5.69 Å². The van der Waals surface area contributed by atoms with Crippen molar-refractivity contribution in [2.75, 3.05) is 18.0 Å². The van der Waals surface area contributed by atoms with E-state index in [1.807, 2.05) is 19.1 Å². The molecule has 21 heavy (non-hydrogen) atoms. The van der Waals surface area contributed by atoms with Crippen molar-refractivity contribution in [3.8, 4) is 0 Å². The normalized spacial score (nSPS) is 12.0. The highest BCUT2D eigenvalue weighted by atomic mass is 19.4. The highest BCUT2D eigenvalue weighted by Gasteiger charge is 2.32. The van der Waals surface area contributed by atoms with E-state index >= 15 is 0 Å². The fourth-order valence-corrected chi connectivity index (χ4v) is 2.30. The highest BCUT2D eigenvalue weighted by molar-refractivity contribution is 5.55. The van der Waals surface area contributed by atoms with Crippen LogP contribution in [0.3, 0.4) is 0 Å². The van der Waals surface area contributed by atoms with Crippen molar-refractivity contribution in [2.45, 2.75) is 52.9 Å². The number of nitrogens with one attached hydrogen (secondary N) is 1. The average Bonchev–Trinajstić information content (AvgIpc) is 2.36. The van der Waals surface area contributed by atoms with Crippen LogP contribution in [0.15, 0.2) is 18.2 Å². The van der Waals surface area contributed by atoms with Gasteiger partial charge >= 0.3 is 6.18 Å². The minimum atomic E-state index is -4.20. The van der Waals surface area contributed by atoms with Gasteiger partial charge in [0.25, 0.3) is 0 Å². The summed E-state index contributed by atoms with van der Waals surface area (Å²) < 4.78 is 38.1. The monoisotopic (exact) mass is 302 g/mol. The zero-order valence-corrected chi connectivity index (χ0v) is 13.2. The summed E-state index contributed by atoms with van der Waals surface area (Å²) in [6, 6.07) is 5.46. The fraction of sp³-hybridized carbons (Fsp3) is 0.625. The molecule has 0 heterocycles. The van der Waals surface area contributed by atoms with Gasteiger partial charge in [-0.2, -0.15) is 13.2 Å². The first-order valence-corrected chi connectivity index (χ1v) is 7.38. The molecule has 0 unspecified atom stereocenters. The van der Waals surface area contributed by atoms with Crippen LogP contribution in [0, 0.1) is 6.92 Å². The summed E-state index contributed by atoms with van der Waals surface area (Å²) in [6.07, 6.45) is -3.14. The Morgan fingerprint density at radius 2 is 1.90 bits per heavy atom. The van der Waals surface area contributed by atoms with E-state index in [0.29, 0.717) is 5.69 Å². The smallest absolute Gasteiger partial charge is 0.360 e. The van der Waals surface area contributed by atoms with Crippen molar-refractivity contribution < 1.29 is 13.2 Å². The Labute approximate surface area is 125 Å². The number of halogens is 3. The Hall–Kier alpha value is -1.23. The summed E-state index contributed by atoms with van der Waals surface area (Å²) >= 11 is 0. The van der Waals surface area contributed by atoms with Crippen molar-refractivity contribution in [3.63, 3.8) is 0 Å². The zero-order chi connectivity index (χ0) is 16.0. The van der Waals surface area contributed by atoms with Gasteiger partial charge in [0.05, 0.1) is 0 Å². The molecule has 0 saturated heterocycles. The molecule has 0 spiro atoms. The molecule has 0 atom stereocenters. The summed E-state index contributed by atoms with van der Waals surface area (Å²) in [5.74, 6) is 0. The van der Waals surface area contributed by atoms with E-state index in [-0.39, 0.29) is 6.04 Å². The lowest BCUT2D eigenvalue weighted by atomic mass is 10.1. The number of anilines is 1. The third kappa shape index (κ3) is 5.96. The van der Waals surface area contributed by atoms with Gasteiger partial charge in [-0.05, 0) is 50.9 Å². The summed E-state index contributed by atoms with van der Waals surface area (Å²) in [5, 5.41) is 3.29. The van der Waals surface area contributed by atoms with E-state index in [1.54, 1.807) is 19.9 Å². The van der Waals surface area contributed by atoms with Gasteiger partial charge in [0.2, 0.25) is 0 Å². The van der Waals surface area contributed by atoms with E-state index in [0.717, 1.165) is 30.6 Å². The number of hydrogen-bond acceptors (Lipinski definition) is 2. The molecule has 2 nitrogen and oxygen atoms in total. The van der Waals surface area contributed by atoms with E-state index in [2.05, 4.69) is 12.2 Å². The van der Waals surface area contributed by atoms with Crippen LogP contribution in [0.5, 0.6) is 0 Å². The first-order valence-electron chi connectivity index (χ1n) is 7.38.